The van der Waals surface area contributed by atoms with E-state index in [1.54, 1.807) is 0 Å². The molecule has 0 aliphatic carbocycles. The number of likely N-dealkylation sites (N-methyl/N-ethyl adjacent to an activating group) is 1. The number of hydrogen-bond donors (Lipinski definition) is 1. The Morgan fingerprint density at radius 3 is 2.17 bits per heavy atom. The highest BCUT2D eigenvalue weighted by atomic mass is 15.3. The normalized spacial score (nSPS) is 32.2. The zero-order chi connectivity index (χ0) is 9.30. The van der Waals surface area contributed by atoms with Crippen molar-refractivity contribution in [3.8, 4) is 0 Å². The van der Waals surface area contributed by atoms with Gasteiger partial charge < -0.3 is 10.6 Å². The Morgan fingerprint density at radius 1 is 1.33 bits per heavy atom. The molecular weight excluding hydrogens is 150 g/mol. The van der Waals surface area contributed by atoms with Crippen molar-refractivity contribution >= 4 is 0 Å². The molecule has 1 saturated heterocycles. The van der Waals surface area contributed by atoms with Crippen LogP contribution in [-0.2, 0) is 0 Å². The van der Waals surface area contributed by atoms with E-state index in [0.717, 1.165) is 13.1 Å². The second kappa shape index (κ2) is 3.73. The summed E-state index contributed by atoms with van der Waals surface area (Å²) < 4.78 is 0. The van der Waals surface area contributed by atoms with Crippen molar-refractivity contribution in [3.63, 3.8) is 0 Å². The molecule has 2 unspecified atom stereocenters. The SMILES string of the molecule is CC(C)N1CC(N)C(N(C)C)C1. The van der Waals surface area contributed by atoms with Crippen LogP contribution in [0.15, 0.2) is 0 Å². The van der Waals surface area contributed by atoms with Gasteiger partial charge in [-0.15, -0.1) is 0 Å². The van der Waals surface area contributed by atoms with Gasteiger partial charge in [-0.3, -0.25) is 4.90 Å². The van der Waals surface area contributed by atoms with E-state index in [1.807, 2.05) is 0 Å². The van der Waals surface area contributed by atoms with Crippen LogP contribution in [0, 0.1) is 0 Å². The molecule has 0 saturated carbocycles. The van der Waals surface area contributed by atoms with Crippen LogP contribution in [0.25, 0.3) is 0 Å². The lowest BCUT2D eigenvalue weighted by Crippen LogP contribution is -2.43. The number of nitrogens with zero attached hydrogens (tertiary/aromatic N) is 2. The molecule has 1 aliphatic rings. The predicted molar refractivity (Wildman–Crippen MR) is 52.2 cm³/mol. The van der Waals surface area contributed by atoms with Gasteiger partial charge in [-0.1, -0.05) is 0 Å². The molecule has 12 heavy (non-hydrogen) atoms. The molecule has 72 valence electrons. The number of nitrogens with two attached hydrogens (primary N) is 1. The lowest BCUT2D eigenvalue weighted by molar-refractivity contribution is 0.236. The highest BCUT2D eigenvalue weighted by molar-refractivity contribution is 4.92. The highest BCUT2D eigenvalue weighted by Crippen LogP contribution is 2.14. The van der Waals surface area contributed by atoms with E-state index in [9.17, 15) is 0 Å². The lowest BCUT2D eigenvalue weighted by atomic mass is 10.2. The van der Waals surface area contributed by atoms with Crippen molar-refractivity contribution in [2.75, 3.05) is 27.2 Å². The molecule has 0 aromatic heterocycles. The molecule has 3 heteroatoms. The van der Waals surface area contributed by atoms with Gasteiger partial charge in [0.2, 0.25) is 0 Å². The third-order valence-electron chi connectivity index (χ3n) is 2.75. The summed E-state index contributed by atoms with van der Waals surface area (Å²) in [6, 6.07) is 1.48. The molecule has 0 radical (unpaired) electrons. The first-order chi connectivity index (χ1) is 5.52. The van der Waals surface area contributed by atoms with Gasteiger partial charge in [0, 0.05) is 31.2 Å². The largest absolute Gasteiger partial charge is 0.325 e. The maximum absolute atomic E-state index is 6.02. The summed E-state index contributed by atoms with van der Waals surface area (Å²) in [7, 11) is 4.21. The van der Waals surface area contributed by atoms with Crippen molar-refractivity contribution in [1.82, 2.24) is 9.80 Å². The zero-order valence-corrected chi connectivity index (χ0v) is 8.62. The average Bonchev–Trinajstić information content (AvgIpc) is 2.30. The second-order valence-corrected chi connectivity index (χ2v) is 4.24. The molecule has 2 N–H and O–H groups in total. The summed E-state index contributed by atoms with van der Waals surface area (Å²) in [5, 5.41) is 0. The van der Waals surface area contributed by atoms with Crippen LogP contribution >= 0.6 is 0 Å². The van der Waals surface area contributed by atoms with E-state index in [-0.39, 0.29) is 0 Å². The molecule has 0 amide bonds. The molecule has 0 bridgehead atoms. The first-order valence-corrected chi connectivity index (χ1v) is 4.68. The van der Waals surface area contributed by atoms with Gasteiger partial charge in [-0.25, -0.2) is 0 Å². The van der Waals surface area contributed by atoms with Gasteiger partial charge >= 0.3 is 0 Å². The van der Waals surface area contributed by atoms with E-state index in [2.05, 4.69) is 37.7 Å². The molecule has 1 rings (SSSR count). The highest BCUT2D eigenvalue weighted by Gasteiger charge is 2.32. The van der Waals surface area contributed by atoms with E-state index >= 15 is 0 Å². The van der Waals surface area contributed by atoms with Gasteiger partial charge in [-0.2, -0.15) is 0 Å². The molecule has 3 nitrogen and oxygen atoms in total. The fourth-order valence-electron chi connectivity index (χ4n) is 1.81. The number of likely N-dealkylation sites (tertiary alicyclic amines) is 1. The topological polar surface area (TPSA) is 32.5 Å². The summed E-state index contributed by atoms with van der Waals surface area (Å²) in [6.45, 7) is 6.61. The summed E-state index contributed by atoms with van der Waals surface area (Å²) >= 11 is 0. The Labute approximate surface area is 75.5 Å². The maximum atomic E-state index is 6.02. The second-order valence-electron chi connectivity index (χ2n) is 4.24. The summed E-state index contributed by atoms with van der Waals surface area (Å²) in [6.07, 6.45) is 0. The molecule has 1 heterocycles. The smallest absolute Gasteiger partial charge is 0.0380 e. The number of hydrogen-bond acceptors (Lipinski definition) is 3. The van der Waals surface area contributed by atoms with Crippen molar-refractivity contribution < 1.29 is 0 Å². The van der Waals surface area contributed by atoms with Crippen LogP contribution in [0.1, 0.15) is 13.8 Å². The van der Waals surface area contributed by atoms with E-state index in [1.165, 1.54) is 0 Å². The van der Waals surface area contributed by atoms with Crippen LogP contribution in [0.5, 0.6) is 0 Å². The van der Waals surface area contributed by atoms with Crippen LogP contribution in [0.4, 0.5) is 0 Å². The minimum atomic E-state index is 0.322. The summed E-state index contributed by atoms with van der Waals surface area (Å²) in [5.41, 5.74) is 6.02. The fraction of sp³-hybridized carbons (Fsp3) is 1.00. The Morgan fingerprint density at radius 2 is 1.92 bits per heavy atom. The summed E-state index contributed by atoms with van der Waals surface area (Å²) in [5.74, 6) is 0. The minimum Gasteiger partial charge on any atom is -0.325 e. The van der Waals surface area contributed by atoms with Gasteiger partial charge in [0.25, 0.3) is 0 Å². The van der Waals surface area contributed by atoms with Gasteiger partial charge in [0.05, 0.1) is 0 Å². The molecule has 0 aromatic carbocycles. The quantitative estimate of drug-likeness (QED) is 0.633. The van der Waals surface area contributed by atoms with Gasteiger partial charge in [-0.05, 0) is 27.9 Å². The third-order valence-corrected chi connectivity index (χ3v) is 2.75. The Kier molecular flexibility index (Phi) is 3.09. The van der Waals surface area contributed by atoms with Crippen molar-refractivity contribution in [2.24, 2.45) is 5.73 Å². The average molecular weight is 171 g/mol. The Balaban J connectivity index is 2.50. The van der Waals surface area contributed by atoms with Crippen molar-refractivity contribution in [1.29, 1.82) is 0 Å². The molecule has 0 aromatic rings. The monoisotopic (exact) mass is 171 g/mol. The molecule has 0 spiro atoms. The van der Waals surface area contributed by atoms with Crippen LogP contribution < -0.4 is 5.73 Å². The van der Waals surface area contributed by atoms with E-state index in [0.29, 0.717) is 18.1 Å². The van der Waals surface area contributed by atoms with Gasteiger partial charge in [0.1, 0.15) is 0 Å². The standard InChI is InChI=1S/C9H21N3/c1-7(2)12-5-8(10)9(6-12)11(3)4/h7-9H,5-6,10H2,1-4H3. The van der Waals surface area contributed by atoms with Crippen molar-refractivity contribution in [3.05, 3.63) is 0 Å². The predicted octanol–water partition coefficient (Wildman–Crippen LogP) is -0.0321. The Hall–Kier alpha value is -0.120. The molecule has 1 aliphatic heterocycles. The Bertz CT molecular complexity index is 145. The first kappa shape index (κ1) is 9.96. The zero-order valence-electron chi connectivity index (χ0n) is 8.62. The fourth-order valence-corrected chi connectivity index (χ4v) is 1.81. The molecular formula is C9H21N3. The first-order valence-electron chi connectivity index (χ1n) is 4.68. The van der Waals surface area contributed by atoms with Crippen LogP contribution in [-0.4, -0.2) is 55.1 Å². The minimum absolute atomic E-state index is 0.322. The third kappa shape index (κ3) is 1.97. The van der Waals surface area contributed by atoms with Crippen LogP contribution in [0.3, 0.4) is 0 Å². The van der Waals surface area contributed by atoms with E-state index < -0.39 is 0 Å². The molecule has 1 fully saturated rings. The van der Waals surface area contributed by atoms with Gasteiger partial charge in [0.15, 0.2) is 0 Å². The molecule has 2 atom stereocenters. The van der Waals surface area contributed by atoms with E-state index in [4.69, 9.17) is 5.73 Å². The maximum Gasteiger partial charge on any atom is 0.0380 e. The van der Waals surface area contributed by atoms with Crippen molar-refractivity contribution in [2.45, 2.75) is 32.0 Å². The number of rotatable bonds is 2. The summed E-state index contributed by atoms with van der Waals surface area (Å²) in [4.78, 5) is 4.67. The van der Waals surface area contributed by atoms with Crippen LogP contribution in [0.2, 0.25) is 0 Å². The lowest BCUT2D eigenvalue weighted by Gasteiger charge is -2.23.